The van der Waals surface area contributed by atoms with E-state index in [1.807, 2.05) is 12.1 Å². The Labute approximate surface area is 139 Å². The number of rotatable bonds is 4. The first-order valence-corrected chi connectivity index (χ1v) is 7.75. The number of urea groups is 1. The topological polar surface area (TPSA) is 53.5 Å². The predicted octanol–water partition coefficient (Wildman–Crippen LogP) is 3.13. The Morgan fingerprint density at radius 1 is 1.09 bits per heavy atom. The van der Waals surface area contributed by atoms with Crippen LogP contribution in [0.2, 0.25) is 5.02 Å². The number of anilines is 1. The SMILES string of the molecule is C[C@H]1C(=O)N(CCc2ccncc2)C(=O)N1c1ccc(Cl)cc1. The summed E-state index contributed by atoms with van der Waals surface area (Å²) in [5.74, 6) is -0.181. The summed E-state index contributed by atoms with van der Waals surface area (Å²) in [4.78, 5) is 31.8. The number of hydrogen-bond donors (Lipinski definition) is 0. The second kappa shape index (κ2) is 6.38. The third kappa shape index (κ3) is 3.05. The summed E-state index contributed by atoms with van der Waals surface area (Å²) in [6, 6.07) is 9.87. The fourth-order valence-corrected chi connectivity index (χ4v) is 2.78. The van der Waals surface area contributed by atoms with Crippen molar-refractivity contribution in [3.05, 3.63) is 59.4 Å². The minimum atomic E-state index is -0.513. The number of nitrogens with zero attached hydrogens (tertiary/aromatic N) is 3. The van der Waals surface area contributed by atoms with Gasteiger partial charge in [0.1, 0.15) is 6.04 Å². The van der Waals surface area contributed by atoms with Gasteiger partial charge in [-0.25, -0.2) is 4.79 Å². The molecule has 0 bridgehead atoms. The van der Waals surface area contributed by atoms with Gasteiger partial charge in [-0.2, -0.15) is 0 Å². The lowest BCUT2D eigenvalue weighted by molar-refractivity contribution is -0.126. The van der Waals surface area contributed by atoms with E-state index in [4.69, 9.17) is 11.6 Å². The van der Waals surface area contributed by atoms with Gasteiger partial charge in [-0.15, -0.1) is 0 Å². The van der Waals surface area contributed by atoms with Gasteiger partial charge in [-0.3, -0.25) is 19.6 Å². The normalized spacial score (nSPS) is 17.9. The number of imide groups is 1. The highest BCUT2D eigenvalue weighted by Crippen LogP contribution is 2.27. The lowest BCUT2D eigenvalue weighted by Gasteiger charge is -2.19. The smallest absolute Gasteiger partial charge is 0.282 e. The molecule has 23 heavy (non-hydrogen) atoms. The lowest BCUT2D eigenvalue weighted by atomic mass is 10.2. The van der Waals surface area contributed by atoms with Gasteiger partial charge in [0.05, 0.1) is 0 Å². The average molecular weight is 330 g/mol. The van der Waals surface area contributed by atoms with Crippen molar-refractivity contribution in [1.29, 1.82) is 0 Å². The molecule has 3 amide bonds. The first-order valence-electron chi connectivity index (χ1n) is 7.37. The van der Waals surface area contributed by atoms with E-state index in [-0.39, 0.29) is 11.9 Å². The number of aromatic nitrogens is 1. The average Bonchev–Trinajstić information content (AvgIpc) is 2.78. The summed E-state index contributed by atoms with van der Waals surface area (Å²) in [6.07, 6.45) is 4.01. The molecule has 1 saturated heterocycles. The van der Waals surface area contributed by atoms with Gasteiger partial charge < -0.3 is 0 Å². The van der Waals surface area contributed by atoms with Gasteiger partial charge in [0, 0.05) is 29.6 Å². The Hall–Kier alpha value is -2.40. The molecule has 1 atom stereocenters. The standard InChI is InChI=1S/C17H16ClN3O2/c1-12-16(22)20(11-8-13-6-9-19-10-7-13)17(23)21(12)15-4-2-14(18)3-5-15/h2-7,9-10,12H,8,11H2,1H3/t12-/m0/s1. The summed E-state index contributed by atoms with van der Waals surface area (Å²) in [5.41, 5.74) is 1.71. The predicted molar refractivity (Wildman–Crippen MR) is 88.4 cm³/mol. The third-order valence-electron chi connectivity index (χ3n) is 3.93. The summed E-state index contributed by atoms with van der Waals surface area (Å²) < 4.78 is 0. The van der Waals surface area contributed by atoms with Crippen LogP contribution < -0.4 is 4.90 Å². The van der Waals surface area contributed by atoms with Crippen molar-refractivity contribution < 1.29 is 9.59 Å². The van der Waals surface area contributed by atoms with E-state index < -0.39 is 6.04 Å². The summed E-state index contributed by atoms with van der Waals surface area (Å²) in [6.45, 7) is 2.09. The molecular weight excluding hydrogens is 314 g/mol. The molecule has 0 spiro atoms. The van der Waals surface area contributed by atoms with E-state index in [1.54, 1.807) is 43.6 Å². The van der Waals surface area contributed by atoms with Crippen LogP contribution in [-0.2, 0) is 11.2 Å². The summed E-state index contributed by atoms with van der Waals surface area (Å²) in [7, 11) is 0. The first-order chi connectivity index (χ1) is 11.1. The maximum absolute atomic E-state index is 12.6. The monoisotopic (exact) mass is 329 g/mol. The zero-order valence-electron chi connectivity index (χ0n) is 12.6. The van der Waals surface area contributed by atoms with Gasteiger partial charge >= 0.3 is 6.03 Å². The second-order valence-electron chi connectivity index (χ2n) is 5.40. The Kier molecular flexibility index (Phi) is 4.30. The number of pyridine rings is 1. The Bertz CT molecular complexity index is 718. The van der Waals surface area contributed by atoms with Crippen LogP contribution in [0.5, 0.6) is 0 Å². The number of amides is 3. The number of benzene rings is 1. The molecule has 1 aromatic heterocycles. The van der Waals surface area contributed by atoms with Crippen molar-refractivity contribution in [2.24, 2.45) is 0 Å². The van der Waals surface area contributed by atoms with Crippen molar-refractivity contribution in [3.63, 3.8) is 0 Å². The van der Waals surface area contributed by atoms with Gasteiger partial charge in [0.2, 0.25) is 0 Å². The zero-order chi connectivity index (χ0) is 16.4. The molecule has 5 nitrogen and oxygen atoms in total. The minimum Gasteiger partial charge on any atom is -0.282 e. The number of hydrogen-bond acceptors (Lipinski definition) is 3. The molecule has 2 heterocycles. The highest BCUT2D eigenvalue weighted by molar-refractivity contribution is 6.30. The van der Waals surface area contributed by atoms with Crippen LogP contribution in [0.15, 0.2) is 48.8 Å². The molecule has 118 valence electrons. The molecule has 0 unspecified atom stereocenters. The van der Waals surface area contributed by atoms with Crippen LogP contribution in [0, 0.1) is 0 Å². The van der Waals surface area contributed by atoms with Crippen LogP contribution in [0.3, 0.4) is 0 Å². The van der Waals surface area contributed by atoms with Gasteiger partial charge in [-0.05, 0) is 55.3 Å². The number of carbonyl (C=O) groups excluding carboxylic acids is 2. The van der Waals surface area contributed by atoms with Crippen molar-refractivity contribution in [2.75, 3.05) is 11.4 Å². The van der Waals surface area contributed by atoms with Crippen LogP contribution in [0.25, 0.3) is 0 Å². The molecular formula is C17H16ClN3O2. The fourth-order valence-electron chi connectivity index (χ4n) is 2.66. The fraction of sp³-hybridized carbons (Fsp3) is 0.235. The zero-order valence-corrected chi connectivity index (χ0v) is 13.4. The van der Waals surface area contributed by atoms with Gasteiger partial charge in [0.15, 0.2) is 0 Å². The molecule has 1 aliphatic rings. The van der Waals surface area contributed by atoms with Crippen LogP contribution >= 0.6 is 11.6 Å². The molecule has 6 heteroatoms. The van der Waals surface area contributed by atoms with Gasteiger partial charge in [-0.1, -0.05) is 11.6 Å². The molecule has 0 radical (unpaired) electrons. The van der Waals surface area contributed by atoms with E-state index in [0.29, 0.717) is 23.7 Å². The largest absolute Gasteiger partial charge is 0.331 e. The van der Waals surface area contributed by atoms with Crippen molar-refractivity contribution >= 4 is 29.2 Å². The highest BCUT2D eigenvalue weighted by atomic mass is 35.5. The Morgan fingerprint density at radius 2 is 1.74 bits per heavy atom. The van der Waals surface area contributed by atoms with Crippen molar-refractivity contribution in [3.8, 4) is 0 Å². The number of halogens is 1. The van der Waals surface area contributed by atoms with E-state index in [1.165, 1.54) is 9.80 Å². The van der Waals surface area contributed by atoms with Crippen molar-refractivity contribution in [2.45, 2.75) is 19.4 Å². The minimum absolute atomic E-state index is 0.181. The van der Waals surface area contributed by atoms with Crippen LogP contribution in [0.4, 0.5) is 10.5 Å². The molecule has 1 fully saturated rings. The Morgan fingerprint density at radius 3 is 2.39 bits per heavy atom. The first kappa shape index (κ1) is 15.5. The Balaban J connectivity index is 1.76. The second-order valence-corrected chi connectivity index (χ2v) is 5.84. The number of carbonyl (C=O) groups is 2. The van der Waals surface area contributed by atoms with E-state index in [2.05, 4.69) is 4.98 Å². The van der Waals surface area contributed by atoms with E-state index >= 15 is 0 Å². The lowest BCUT2D eigenvalue weighted by Crippen LogP contribution is -2.34. The molecule has 3 rings (SSSR count). The third-order valence-corrected chi connectivity index (χ3v) is 4.18. The molecule has 0 saturated carbocycles. The highest BCUT2D eigenvalue weighted by Gasteiger charge is 2.42. The van der Waals surface area contributed by atoms with Crippen LogP contribution in [-0.4, -0.2) is 34.4 Å². The van der Waals surface area contributed by atoms with E-state index in [9.17, 15) is 9.59 Å². The molecule has 0 aliphatic carbocycles. The summed E-state index contributed by atoms with van der Waals surface area (Å²) >= 11 is 5.88. The molecule has 2 aromatic rings. The van der Waals surface area contributed by atoms with Gasteiger partial charge in [0.25, 0.3) is 5.91 Å². The maximum atomic E-state index is 12.6. The maximum Gasteiger partial charge on any atom is 0.331 e. The summed E-state index contributed by atoms with van der Waals surface area (Å²) in [5, 5.41) is 0.592. The van der Waals surface area contributed by atoms with Crippen LogP contribution in [0.1, 0.15) is 12.5 Å². The quantitative estimate of drug-likeness (QED) is 0.810. The molecule has 0 N–H and O–H groups in total. The van der Waals surface area contributed by atoms with Crippen molar-refractivity contribution in [1.82, 2.24) is 9.88 Å². The molecule has 1 aromatic carbocycles. The molecule has 1 aliphatic heterocycles. The van der Waals surface area contributed by atoms with E-state index in [0.717, 1.165) is 5.56 Å².